The van der Waals surface area contributed by atoms with E-state index in [-0.39, 0.29) is 17.9 Å². The molecule has 0 radical (unpaired) electrons. The van der Waals surface area contributed by atoms with Crippen molar-refractivity contribution in [3.8, 4) is 5.75 Å². The minimum absolute atomic E-state index is 0.0917. The van der Waals surface area contributed by atoms with Gasteiger partial charge in [-0.1, -0.05) is 18.2 Å². The maximum absolute atomic E-state index is 12.7. The number of ether oxygens (including phenoxy) is 1. The van der Waals surface area contributed by atoms with Gasteiger partial charge < -0.3 is 20.7 Å². The Kier molecular flexibility index (Phi) is 3.40. The van der Waals surface area contributed by atoms with Crippen LogP contribution < -0.4 is 15.8 Å². The van der Waals surface area contributed by atoms with E-state index in [2.05, 4.69) is 5.32 Å². The number of fused-ring (bicyclic) bond motifs is 1. The molecule has 2 atom stereocenters. The normalized spacial score (nSPS) is 25.8. The highest BCUT2D eigenvalue weighted by molar-refractivity contribution is 5.86. The van der Waals surface area contributed by atoms with E-state index >= 15 is 0 Å². The van der Waals surface area contributed by atoms with E-state index in [1.807, 2.05) is 29.2 Å². The Morgan fingerprint density at radius 3 is 3.16 bits per heavy atom. The molecule has 2 unspecified atom stereocenters. The van der Waals surface area contributed by atoms with Crippen LogP contribution in [-0.2, 0) is 4.79 Å². The van der Waals surface area contributed by atoms with E-state index < -0.39 is 0 Å². The Morgan fingerprint density at radius 2 is 2.32 bits per heavy atom. The van der Waals surface area contributed by atoms with Gasteiger partial charge in [-0.15, -0.1) is 0 Å². The number of nitrogens with one attached hydrogen (secondary N) is 1. The first kappa shape index (κ1) is 12.4. The molecule has 102 valence electrons. The van der Waals surface area contributed by atoms with Crippen LogP contribution in [0.4, 0.5) is 0 Å². The highest BCUT2D eigenvalue weighted by Crippen LogP contribution is 2.34. The van der Waals surface area contributed by atoms with Crippen LogP contribution >= 0.6 is 0 Å². The molecule has 5 nitrogen and oxygen atoms in total. The van der Waals surface area contributed by atoms with Crippen LogP contribution in [0.15, 0.2) is 24.3 Å². The van der Waals surface area contributed by atoms with Gasteiger partial charge in [-0.3, -0.25) is 4.79 Å². The molecule has 1 amide bonds. The van der Waals surface area contributed by atoms with Crippen LogP contribution in [0.1, 0.15) is 11.5 Å². The SMILES string of the molecule is NCC1CNCCN1C(=O)C1COc2ccccc21. The summed E-state index contributed by atoms with van der Waals surface area (Å²) >= 11 is 0. The molecular formula is C14H19N3O2. The zero-order valence-corrected chi connectivity index (χ0v) is 10.8. The molecule has 3 rings (SSSR count). The second kappa shape index (κ2) is 5.19. The lowest BCUT2D eigenvalue weighted by molar-refractivity contribution is -0.136. The van der Waals surface area contributed by atoms with Gasteiger partial charge in [-0.2, -0.15) is 0 Å². The second-order valence-corrected chi connectivity index (χ2v) is 5.03. The predicted octanol–water partition coefficient (Wildman–Crippen LogP) is -0.0783. The van der Waals surface area contributed by atoms with E-state index in [1.54, 1.807) is 0 Å². The highest BCUT2D eigenvalue weighted by Gasteiger charge is 2.36. The Hall–Kier alpha value is -1.59. The van der Waals surface area contributed by atoms with Crippen molar-refractivity contribution >= 4 is 5.91 Å². The number of carbonyl (C=O) groups excluding carboxylic acids is 1. The quantitative estimate of drug-likeness (QED) is 0.781. The third-order valence-corrected chi connectivity index (χ3v) is 3.90. The molecule has 19 heavy (non-hydrogen) atoms. The Morgan fingerprint density at radius 1 is 1.47 bits per heavy atom. The number of nitrogens with two attached hydrogens (primary N) is 1. The third-order valence-electron chi connectivity index (χ3n) is 3.90. The van der Waals surface area contributed by atoms with Crippen molar-refractivity contribution in [1.82, 2.24) is 10.2 Å². The minimum Gasteiger partial charge on any atom is -0.492 e. The first-order valence-corrected chi connectivity index (χ1v) is 6.74. The van der Waals surface area contributed by atoms with Crippen LogP contribution in [-0.4, -0.2) is 49.6 Å². The molecule has 1 saturated heterocycles. The van der Waals surface area contributed by atoms with Gasteiger partial charge in [0.2, 0.25) is 5.91 Å². The summed E-state index contributed by atoms with van der Waals surface area (Å²) in [5, 5.41) is 3.28. The molecule has 1 fully saturated rings. The fourth-order valence-corrected chi connectivity index (χ4v) is 2.83. The Bertz CT molecular complexity index is 478. The maximum atomic E-state index is 12.7. The first-order valence-electron chi connectivity index (χ1n) is 6.74. The number of nitrogens with zero attached hydrogens (tertiary/aromatic N) is 1. The average molecular weight is 261 g/mol. The van der Waals surface area contributed by atoms with Crippen molar-refractivity contribution in [1.29, 1.82) is 0 Å². The number of para-hydroxylation sites is 1. The van der Waals surface area contributed by atoms with E-state index in [9.17, 15) is 4.79 Å². The van der Waals surface area contributed by atoms with Gasteiger partial charge in [-0.05, 0) is 6.07 Å². The Labute approximate surface area is 112 Å². The zero-order valence-electron chi connectivity index (χ0n) is 10.8. The molecule has 1 aromatic rings. The van der Waals surface area contributed by atoms with Crippen LogP contribution in [0.25, 0.3) is 0 Å². The summed E-state index contributed by atoms with van der Waals surface area (Å²) in [5.74, 6) is 0.797. The molecule has 2 heterocycles. The van der Waals surface area contributed by atoms with Gasteiger partial charge in [-0.25, -0.2) is 0 Å². The molecule has 5 heteroatoms. The monoisotopic (exact) mass is 261 g/mol. The number of hydrogen-bond donors (Lipinski definition) is 2. The second-order valence-electron chi connectivity index (χ2n) is 5.03. The highest BCUT2D eigenvalue weighted by atomic mass is 16.5. The van der Waals surface area contributed by atoms with Crippen molar-refractivity contribution in [2.24, 2.45) is 5.73 Å². The van der Waals surface area contributed by atoms with Crippen LogP contribution in [0.2, 0.25) is 0 Å². The van der Waals surface area contributed by atoms with Crippen molar-refractivity contribution in [3.05, 3.63) is 29.8 Å². The van der Waals surface area contributed by atoms with Gasteiger partial charge in [0, 0.05) is 31.7 Å². The molecule has 2 aliphatic heterocycles. The molecule has 2 aliphatic rings. The van der Waals surface area contributed by atoms with Crippen molar-refractivity contribution in [2.75, 3.05) is 32.8 Å². The summed E-state index contributed by atoms with van der Waals surface area (Å²) in [4.78, 5) is 14.6. The molecule has 1 aromatic carbocycles. The lowest BCUT2D eigenvalue weighted by Crippen LogP contribution is -2.57. The van der Waals surface area contributed by atoms with E-state index in [0.717, 1.165) is 30.9 Å². The topological polar surface area (TPSA) is 67.6 Å². The number of piperazine rings is 1. The molecule has 0 bridgehead atoms. The maximum Gasteiger partial charge on any atom is 0.234 e. The van der Waals surface area contributed by atoms with Gasteiger partial charge in [0.15, 0.2) is 0 Å². The summed E-state index contributed by atoms with van der Waals surface area (Å²) in [7, 11) is 0. The van der Waals surface area contributed by atoms with Crippen molar-refractivity contribution in [3.63, 3.8) is 0 Å². The fourth-order valence-electron chi connectivity index (χ4n) is 2.83. The number of amides is 1. The smallest absolute Gasteiger partial charge is 0.234 e. The number of hydrogen-bond acceptors (Lipinski definition) is 4. The number of benzene rings is 1. The number of rotatable bonds is 2. The van der Waals surface area contributed by atoms with Gasteiger partial charge in [0.25, 0.3) is 0 Å². The molecule has 0 aliphatic carbocycles. The van der Waals surface area contributed by atoms with E-state index in [4.69, 9.17) is 10.5 Å². The average Bonchev–Trinajstić information content (AvgIpc) is 2.90. The van der Waals surface area contributed by atoms with Gasteiger partial charge in [0.05, 0.1) is 6.04 Å². The van der Waals surface area contributed by atoms with Gasteiger partial charge in [0.1, 0.15) is 18.3 Å². The van der Waals surface area contributed by atoms with Gasteiger partial charge >= 0.3 is 0 Å². The third kappa shape index (κ3) is 2.19. The molecule has 0 aromatic heterocycles. The number of carbonyl (C=O) groups is 1. The summed E-state index contributed by atoms with van der Waals surface area (Å²) in [5.41, 5.74) is 6.76. The van der Waals surface area contributed by atoms with Crippen LogP contribution in [0.5, 0.6) is 5.75 Å². The molecule has 0 saturated carbocycles. The van der Waals surface area contributed by atoms with Crippen molar-refractivity contribution < 1.29 is 9.53 Å². The summed E-state index contributed by atoms with van der Waals surface area (Å²) in [6, 6.07) is 7.87. The summed E-state index contributed by atoms with van der Waals surface area (Å²) in [6.45, 7) is 3.27. The largest absolute Gasteiger partial charge is 0.492 e. The minimum atomic E-state index is -0.177. The van der Waals surface area contributed by atoms with Crippen LogP contribution in [0, 0.1) is 0 Å². The van der Waals surface area contributed by atoms with E-state index in [0.29, 0.717) is 13.2 Å². The lowest BCUT2D eigenvalue weighted by Gasteiger charge is -2.36. The first-order chi connectivity index (χ1) is 9.31. The lowest BCUT2D eigenvalue weighted by atomic mass is 9.98. The standard InChI is InChI=1S/C14H19N3O2/c15-7-10-8-16-5-6-17(10)14(18)12-9-19-13-4-2-1-3-11(12)13/h1-4,10,12,16H,5-9,15H2. The molecular weight excluding hydrogens is 242 g/mol. The molecule has 3 N–H and O–H groups in total. The van der Waals surface area contributed by atoms with E-state index in [1.165, 1.54) is 0 Å². The zero-order chi connectivity index (χ0) is 13.2. The molecule has 0 spiro atoms. The van der Waals surface area contributed by atoms with Crippen molar-refractivity contribution in [2.45, 2.75) is 12.0 Å². The predicted molar refractivity (Wildman–Crippen MR) is 72.1 cm³/mol. The summed E-state index contributed by atoms with van der Waals surface area (Å²) in [6.07, 6.45) is 0. The van der Waals surface area contributed by atoms with Crippen LogP contribution in [0.3, 0.4) is 0 Å². The summed E-state index contributed by atoms with van der Waals surface area (Å²) < 4.78 is 5.60. The Balaban J connectivity index is 1.81. The fraction of sp³-hybridized carbons (Fsp3) is 0.500.